The average molecular weight is 332 g/mol. The second-order valence-corrected chi connectivity index (χ2v) is 6.11. The molecule has 1 fully saturated rings. The fourth-order valence-corrected chi connectivity index (χ4v) is 2.90. The lowest BCUT2D eigenvalue weighted by molar-refractivity contribution is 0.0511. The zero-order chi connectivity index (χ0) is 16.1. The summed E-state index contributed by atoms with van der Waals surface area (Å²) in [6, 6.07) is 6.59. The number of imidazole rings is 1. The van der Waals surface area contributed by atoms with Crippen molar-refractivity contribution >= 4 is 23.3 Å². The van der Waals surface area contributed by atoms with E-state index in [1.165, 1.54) is 6.42 Å². The number of halogens is 1. The van der Waals surface area contributed by atoms with Crippen molar-refractivity contribution in [2.75, 3.05) is 0 Å². The van der Waals surface area contributed by atoms with Gasteiger partial charge in [0.15, 0.2) is 0 Å². The van der Waals surface area contributed by atoms with Crippen LogP contribution >= 0.6 is 11.6 Å². The van der Waals surface area contributed by atoms with Crippen LogP contribution in [0.25, 0.3) is 0 Å². The van der Waals surface area contributed by atoms with E-state index >= 15 is 0 Å². The second-order valence-electron chi connectivity index (χ2n) is 5.67. The Balaban J connectivity index is 1.66. The molecule has 6 heteroatoms. The Kier molecular flexibility index (Phi) is 5.08. The standard InChI is InChI=1S/C17H18ClN3O2/c18-15-7-5-13(6-8-15)17(22)23-20-16-4-2-1-3-14(16)11-21-10-9-19-12-21/h5-10,12,14H,1-4,11H2/b20-16-. The van der Waals surface area contributed by atoms with Crippen molar-refractivity contribution in [3.63, 3.8) is 0 Å². The Morgan fingerprint density at radius 3 is 2.91 bits per heavy atom. The molecule has 1 atom stereocenters. The van der Waals surface area contributed by atoms with Gasteiger partial charge in [-0.1, -0.05) is 23.2 Å². The molecule has 1 saturated carbocycles. The molecule has 1 aromatic carbocycles. The van der Waals surface area contributed by atoms with Crippen LogP contribution in [0.3, 0.4) is 0 Å². The van der Waals surface area contributed by atoms with Gasteiger partial charge in [-0.25, -0.2) is 9.78 Å². The number of nitrogens with zero attached hydrogens (tertiary/aromatic N) is 3. The van der Waals surface area contributed by atoms with Crippen molar-refractivity contribution < 1.29 is 9.63 Å². The van der Waals surface area contributed by atoms with E-state index in [-0.39, 0.29) is 5.92 Å². The van der Waals surface area contributed by atoms with Crippen molar-refractivity contribution in [1.29, 1.82) is 0 Å². The van der Waals surface area contributed by atoms with Crippen LogP contribution in [-0.4, -0.2) is 21.2 Å². The number of hydrogen-bond acceptors (Lipinski definition) is 4. The zero-order valence-corrected chi connectivity index (χ0v) is 13.4. The predicted molar refractivity (Wildman–Crippen MR) is 88.5 cm³/mol. The Hall–Kier alpha value is -2.14. The summed E-state index contributed by atoms with van der Waals surface area (Å²) < 4.78 is 2.03. The Morgan fingerprint density at radius 1 is 1.35 bits per heavy atom. The van der Waals surface area contributed by atoms with Gasteiger partial charge in [0.25, 0.3) is 0 Å². The van der Waals surface area contributed by atoms with Crippen molar-refractivity contribution in [2.45, 2.75) is 32.2 Å². The highest BCUT2D eigenvalue weighted by Gasteiger charge is 2.22. The minimum atomic E-state index is -0.457. The zero-order valence-electron chi connectivity index (χ0n) is 12.7. The minimum Gasteiger partial charge on any atom is -0.337 e. The maximum atomic E-state index is 12.0. The number of carbonyl (C=O) groups is 1. The van der Waals surface area contributed by atoms with Crippen LogP contribution in [0, 0.1) is 5.92 Å². The first kappa shape index (κ1) is 15.7. The van der Waals surface area contributed by atoms with E-state index < -0.39 is 5.97 Å². The number of hydrogen-bond donors (Lipinski definition) is 0. The number of rotatable bonds is 4. The van der Waals surface area contributed by atoms with Crippen molar-refractivity contribution in [3.8, 4) is 0 Å². The molecule has 0 bridgehead atoms. The number of aromatic nitrogens is 2. The van der Waals surface area contributed by atoms with Crippen LogP contribution in [-0.2, 0) is 11.4 Å². The van der Waals surface area contributed by atoms with Gasteiger partial charge >= 0.3 is 5.97 Å². The summed E-state index contributed by atoms with van der Waals surface area (Å²) in [7, 11) is 0. The molecule has 1 aliphatic rings. The fraction of sp³-hybridized carbons (Fsp3) is 0.353. The van der Waals surface area contributed by atoms with Crippen LogP contribution in [0.15, 0.2) is 48.1 Å². The highest BCUT2D eigenvalue weighted by atomic mass is 35.5. The maximum absolute atomic E-state index is 12.0. The summed E-state index contributed by atoms with van der Waals surface area (Å²) in [6.07, 6.45) is 9.67. The molecule has 0 spiro atoms. The summed E-state index contributed by atoms with van der Waals surface area (Å²) in [5.74, 6) is -0.169. The van der Waals surface area contributed by atoms with E-state index in [4.69, 9.17) is 16.4 Å². The van der Waals surface area contributed by atoms with Gasteiger partial charge in [0, 0.05) is 29.9 Å². The highest BCUT2D eigenvalue weighted by Crippen LogP contribution is 2.24. The molecule has 1 unspecified atom stereocenters. The Labute approximate surface area is 139 Å². The van der Waals surface area contributed by atoms with Crippen LogP contribution in [0.4, 0.5) is 0 Å². The minimum absolute atomic E-state index is 0.288. The molecular weight excluding hydrogens is 314 g/mol. The molecule has 120 valence electrons. The fourth-order valence-electron chi connectivity index (χ4n) is 2.77. The molecule has 0 amide bonds. The molecule has 0 aliphatic heterocycles. The van der Waals surface area contributed by atoms with E-state index in [0.717, 1.165) is 31.5 Å². The third-order valence-electron chi connectivity index (χ3n) is 4.02. The van der Waals surface area contributed by atoms with Gasteiger partial charge in [0.2, 0.25) is 0 Å². The molecular formula is C17H18ClN3O2. The topological polar surface area (TPSA) is 56.5 Å². The normalized spacial score (nSPS) is 19.7. The molecule has 3 rings (SSSR count). The second kappa shape index (κ2) is 7.42. The molecule has 0 radical (unpaired) electrons. The smallest absolute Gasteiger partial charge is 0.337 e. The number of carbonyl (C=O) groups excluding carboxylic acids is 1. The molecule has 0 saturated heterocycles. The largest absolute Gasteiger partial charge is 0.365 e. The van der Waals surface area contributed by atoms with Crippen LogP contribution < -0.4 is 0 Å². The summed E-state index contributed by atoms with van der Waals surface area (Å²) in [5, 5.41) is 4.73. The van der Waals surface area contributed by atoms with Gasteiger partial charge in [-0.2, -0.15) is 0 Å². The van der Waals surface area contributed by atoms with Gasteiger partial charge < -0.3 is 9.40 Å². The lowest BCUT2D eigenvalue weighted by Gasteiger charge is -2.23. The summed E-state index contributed by atoms with van der Waals surface area (Å²) in [4.78, 5) is 21.2. The van der Waals surface area contributed by atoms with Crippen molar-refractivity contribution in [1.82, 2.24) is 9.55 Å². The first-order chi connectivity index (χ1) is 11.2. The van der Waals surface area contributed by atoms with Crippen LogP contribution in [0.2, 0.25) is 5.02 Å². The molecule has 1 heterocycles. The van der Waals surface area contributed by atoms with Crippen molar-refractivity contribution in [3.05, 3.63) is 53.6 Å². The molecule has 1 aromatic heterocycles. The molecule has 23 heavy (non-hydrogen) atoms. The summed E-state index contributed by atoms with van der Waals surface area (Å²) in [5.41, 5.74) is 1.40. The first-order valence-electron chi connectivity index (χ1n) is 7.72. The lowest BCUT2D eigenvalue weighted by atomic mass is 9.87. The van der Waals surface area contributed by atoms with Gasteiger partial charge in [-0.05, 0) is 43.5 Å². The van der Waals surface area contributed by atoms with Gasteiger partial charge in [-0.15, -0.1) is 0 Å². The first-order valence-corrected chi connectivity index (χ1v) is 8.09. The molecule has 1 aliphatic carbocycles. The van der Waals surface area contributed by atoms with Crippen LogP contribution in [0.1, 0.15) is 36.0 Å². The molecule has 0 N–H and O–H groups in total. The third-order valence-corrected chi connectivity index (χ3v) is 4.27. The van der Waals surface area contributed by atoms with E-state index in [2.05, 4.69) is 10.1 Å². The van der Waals surface area contributed by atoms with E-state index in [1.54, 1.807) is 36.8 Å². The maximum Gasteiger partial charge on any atom is 0.365 e. The van der Waals surface area contributed by atoms with Crippen molar-refractivity contribution in [2.24, 2.45) is 11.1 Å². The highest BCUT2D eigenvalue weighted by molar-refractivity contribution is 6.30. The average Bonchev–Trinajstić information content (AvgIpc) is 3.07. The van der Waals surface area contributed by atoms with Gasteiger partial charge in [-0.3, -0.25) is 0 Å². The Morgan fingerprint density at radius 2 is 2.17 bits per heavy atom. The van der Waals surface area contributed by atoms with Gasteiger partial charge in [0.1, 0.15) is 0 Å². The van der Waals surface area contributed by atoms with E-state index in [1.807, 2.05) is 10.8 Å². The third kappa shape index (κ3) is 4.20. The molecule has 5 nitrogen and oxygen atoms in total. The quantitative estimate of drug-likeness (QED) is 0.630. The summed E-state index contributed by atoms with van der Waals surface area (Å²) in [6.45, 7) is 0.817. The monoisotopic (exact) mass is 331 g/mol. The van der Waals surface area contributed by atoms with E-state index in [0.29, 0.717) is 10.6 Å². The Bertz CT molecular complexity index is 680. The van der Waals surface area contributed by atoms with Crippen LogP contribution in [0.5, 0.6) is 0 Å². The lowest BCUT2D eigenvalue weighted by Crippen LogP contribution is -2.24. The SMILES string of the molecule is O=C(O/N=C1/CCCCC1Cn1ccnc1)c1ccc(Cl)cc1. The van der Waals surface area contributed by atoms with E-state index in [9.17, 15) is 4.79 Å². The molecule has 2 aromatic rings. The summed E-state index contributed by atoms with van der Waals surface area (Å²) >= 11 is 5.81. The number of oxime groups is 1. The number of benzene rings is 1. The van der Waals surface area contributed by atoms with Gasteiger partial charge in [0.05, 0.1) is 17.6 Å². The predicted octanol–water partition coefficient (Wildman–Crippen LogP) is 3.94.